The summed E-state index contributed by atoms with van der Waals surface area (Å²) in [5.41, 5.74) is 0.868. The van der Waals surface area contributed by atoms with Crippen molar-refractivity contribution in [1.82, 2.24) is 0 Å². The van der Waals surface area contributed by atoms with Gasteiger partial charge in [0, 0.05) is 11.3 Å². The van der Waals surface area contributed by atoms with Crippen LogP contribution in [0.4, 0.5) is 18.9 Å². The molecule has 3 aromatic rings. The van der Waals surface area contributed by atoms with Crippen molar-refractivity contribution in [2.45, 2.75) is 32.4 Å². The molecule has 1 fully saturated rings. The summed E-state index contributed by atoms with van der Waals surface area (Å²) >= 11 is 0. The third-order valence-corrected chi connectivity index (χ3v) is 5.41. The number of carbonyl (C=O) groups is 2. The van der Waals surface area contributed by atoms with Gasteiger partial charge in [-0.1, -0.05) is 30.3 Å². The van der Waals surface area contributed by atoms with Crippen molar-refractivity contribution in [3.8, 4) is 11.5 Å². The highest BCUT2D eigenvalue weighted by atomic mass is 19.4. The lowest BCUT2D eigenvalue weighted by atomic mass is 9.95. The first kappa shape index (κ1) is 24.8. The first-order chi connectivity index (χ1) is 17.0. The Hall–Kier alpha value is -4.27. The van der Waals surface area contributed by atoms with Crippen LogP contribution in [-0.2, 0) is 9.59 Å². The Morgan fingerprint density at radius 2 is 1.47 bits per heavy atom. The van der Waals surface area contributed by atoms with Crippen LogP contribution in [0.1, 0.15) is 31.0 Å². The van der Waals surface area contributed by atoms with E-state index in [1.807, 2.05) is 13.8 Å². The molecule has 0 aliphatic carbocycles. The van der Waals surface area contributed by atoms with Crippen LogP contribution in [-0.4, -0.2) is 29.3 Å². The van der Waals surface area contributed by atoms with Crippen molar-refractivity contribution in [3.63, 3.8) is 0 Å². The van der Waals surface area contributed by atoms with Crippen LogP contribution < -0.4 is 14.4 Å². The molecule has 1 N–H and O–H groups in total. The number of ketones is 1. The highest BCUT2D eigenvalue weighted by Crippen LogP contribution is 2.42. The SMILES string of the molecule is CC(C)Oc1ccc(/C(O)=C2\C(=O)C(=O)N(c3ccc(OC(F)(F)F)cc3)C2c2ccccc2)cc1. The topological polar surface area (TPSA) is 76.1 Å². The average molecular weight is 497 g/mol. The zero-order valence-corrected chi connectivity index (χ0v) is 19.3. The van der Waals surface area contributed by atoms with Crippen molar-refractivity contribution in [2.75, 3.05) is 4.90 Å². The number of nitrogens with zero attached hydrogens (tertiary/aromatic N) is 1. The Balaban J connectivity index is 1.79. The summed E-state index contributed by atoms with van der Waals surface area (Å²) in [4.78, 5) is 27.4. The van der Waals surface area contributed by atoms with E-state index in [1.165, 1.54) is 12.1 Å². The first-order valence-corrected chi connectivity index (χ1v) is 11.0. The molecule has 1 amide bonds. The molecule has 0 saturated carbocycles. The number of anilines is 1. The number of halogens is 3. The number of aliphatic hydroxyl groups is 1. The molecule has 186 valence electrons. The van der Waals surface area contributed by atoms with E-state index in [2.05, 4.69) is 4.74 Å². The second-order valence-corrected chi connectivity index (χ2v) is 8.31. The summed E-state index contributed by atoms with van der Waals surface area (Å²) in [6.07, 6.45) is -4.92. The molecular weight excluding hydrogens is 475 g/mol. The molecule has 9 heteroatoms. The van der Waals surface area contributed by atoms with Crippen LogP contribution in [0, 0.1) is 0 Å². The number of benzene rings is 3. The fourth-order valence-corrected chi connectivity index (χ4v) is 3.98. The van der Waals surface area contributed by atoms with Gasteiger partial charge in [-0.3, -0.25) is 14.5 Å². The first-order valence-electron chi connectivity index (χ1n) is 11.0. The standard InChI is InChI=1S/C27H22F3NO5/c1-16(2)35-20-12-8-18(9-13-20)24(32)22-23(17-6-4-3-5-7-17)31(26(34)25(22)33)19-10-14-21(15-11-19)36-27(28,29)30/h3-16,23,32H,1-2H3/b24-22+. The summed E-state index contributed by atoms with van der Waals surface area (Å²) in [5.74, 6) is -2.11. The van der Waals surface area contributed by atoms with Gasteiger partial charge in [0.2, 0.25) is 0 Å². The maximum absolute atomic E-state index is 13.1. The van der Waals surface area contributed by atoms with Crippen molar-refractivity contribution in [3.05, 3.63) is 95.6 Å². The largest absolute Gasteiger partial charge is 0.573 e. The van der Waals surface area contributed by atoms with Crippen LogP contribution >= 0.6 is 0 Å². The van der Waals surface area contributed by atoms with E-state index in [4.69, 9.17) is 4.74 Å². The third kappa shape index (κ3) is 5.19. The van der Waals surface area contributed by atoms with Gasteiger partial charge >= 0.3 is 6.36 Å². The van der Waals surface area contributed by atoms with E-state index in [9.17, 15) is 27.9 Å². The summed E-state index contributed by atoms with van der Waals surface area (Å²) < 4.78 is 47.2. The molecule has 1 heterocycles. The van der Waals surface area contributed by atoms with E-state index >= 15 is 0 Å². The summed E-state index contributed by atoms with van der Waals surface area (Å²) in [5, 5.41) is 11.1. The maximum Gasteiger partial charge on any atom is 0.573 e. The second kappa shape index (κ2) is 9.77. The number of hydrogen-bond donors (Lipinski definition) is 1. The molecular formula is C27H22F3NO5. The molecule has 0 bridgehead atoms. The van der Waals surface area contributed by atoms with Gasteiger partial charge in [0.15, 0.2) is 0 Å². The highest BCUT2D eigenvalue weighted by Gasteiger charge is 2.47. The van der Waals surface area contributed by atoms with Crippen LogP contribution in [0.15, 0.2) is 84.4 Å². The van der Waals surface area contributed by atoms with Crippen molar-refractivity contribution >= 4 is 23.1 Å². The van der Waals surface area contributed by atoms with Gasteiger partial charge in [0.1, 0.15) is 17.3 Å². The number of Topliss-reactive ketones (excluding diaryl/α,β-unsaturated/α-hetero) is 1. The predicted octanol–water partition coefficient (Wildman–Crippen LogP) is 6.00. The van der Waals surface area contributed by atoms with Crippen LogP contribution in [0.3, 0.4) is 0 Å². The third-order valence-electron chi connectivity index (χ3n) is 5.41. The summed E-state index contributed by atoms with van der Waals surface area (Å²) in [6, 6.07) is 18.6. The molecule has 1 aliphatic rings. The fourth-order valence-electron chi connectivity index (χ4n) is 3.98. The van der Waals surface area contributed by atoms with Gasteiger partial charge < -0.3 is 14.6 Å². The van der Waals surface area contributed by atoms with Crippen LogP contribution in [0.2, 0.25) is 0 Å². The van der Waals surface area contributed by atoms with E-state index in [0.29, 0.717) is 16.9 Å². The molecule has 3 aromatic carbocycles. The van der Waals surface area contributed by atoms with Crippen LogP contribution in [0.5, 0.6) is 11.5 Å². The molecule has 4 rings (SSSR count). The van der Waals surface area contributed by atoms with Crippen molar-refractivity contribution in [2.24, 2.45) is 0 Å². The minimum absolute atomic E-state index is 0.0548. The number of carbonyl (C=O) groups excluding carboxylic acids is 2. The van der Waals surface area contributed by atoms with Crippen molar-refractivity contribution in [1.29, 1.82) is 0 Å². The predicted molar refractivity (Wildman–Crippen MR) is 127 cm³/mol. The molecule has 1 atom stereocenters. The molecule has 6 nitrogen and oxygen atoms in total. The molecule has 36 heavy (non-hydrogen) atoms. The van der Waals surface area contributed by atoms with E-state index in [1.54, 1.807) is 54.6 Å². The van der Waals surface area contributed by atoms with Gasteiger partial charge in [0.05, 0.1) is 17.7 Å². The Morgan fingerprint density at radius 3 is 2.03 bits per heavy atom. The molecule has 1 saturated heterocycles. The van der Waals surface area contributed by atoms with Gasteiger partial charge in [-0.05, 0) is 67.9 Å². The smallest absolute Gasteiger partial charge is 0.507 e. The molecule has 1 aliphatic heterocycles. The fraction of sp³-hybridized carbons (Fsp3) is 0.185. The molecule has 0 aromatic heterocycles. The van der Waals surface area contributed by atoms with Crippen LogP contribution in [0.25, 0.3) is 5.76 Å². The number of ether oxygens (including phenoxy) is 2. The lowest BCUT2D eigenvalue weighted by Gasteiger charge is -2.25. The quantitative estimate of drug-likeness (QED) is 0.257. The normalized spacial score (nSPS) is 17.5. The molecule has 0 spiro atoms. The Kier molecular flexibility index (Phi) is 6.74. The minimum Gasteiger partial charge on any atom is -0.507 e. The zero-order chi connectivity index (χ0) is 26.0. The highest BCUT2D eigenvalue weighted by molar-refractivity contribution is 6.51. The number of hydrogen-bond acceptors (Lipinski definition) is 5. The van der Waals surface area contributed by atoms with Gasteiger partial charge in [-0.15, -0.1) is 13.2 Å². The lowest BCUT2D eigenvalue weighted by Crippen LogP contribution is -2.29. The number of rotatable bonds is 6. The molecule has 0 radical (unpaired) electrons. The number of amides is 1. The van der Waals surface area contributed by atoms with Gasteiger partial charge in [-0.25, -0.2) is 0 Å². The lowest BCUT2D eigenvalue weighted by molar-refractivity contribution is -0.274. The monoisotopic (exact) mass is 497 g/mol. The Morgan fingerprint density at radius 1 is 0.889 bits per heavy atom. The summed E-state index contributed by atoms with van der Waals surface area (Å²) in [6.45, 7) is 3.74. The van der Waals surface area contributed by atoms with Crippen molar-refractivity contribution < 1.29 is 37.3 Å². The maximum atomic E-state index is 13.1. The van der Waals surface area contributed by atoms with Gasteiger partial charge in [-0.2, -0.15) is 0 Å². The Bertz CT molecular complexity index is 1280. The number of alkyl halides is 3. The number of aliphatic hydroxyl groups excluding tert-OH is 1. The van der Waals surface area contributed by atoms with E-state index in [-0.39, 0.29) is 23.1 Å². The van der Waals surface area contributed by atoms with E-state index < -0.39 is 29.8 Å². The Labute approximate surface area is 205 Å². The van der Waals surface area contributed by atoms with E-state index in [0.717, 1.165) is 17.0 Å². The minimum atomic E-state index is -4.87. The molecule has 1 unspecified atom stereocenters. The summed E-state index contributed by atoms with van der Waals surface area (Å²) in [7, 11) is 0. The zero-order valence-electron chi connectivity index (χ0n) is 19.3. The average Bonchev–Trinajstić information content (AvgIpc) is 3.09. The van der Waals surface area contributed by atoms with Gasteiger partial charge in [0.25, 0.3) is 11.7 Å². The second-order valence-electron chi connectivity index (χ2n) is 8.31.